The van der Waals surface area contributed by atoms with E-state index in [0.717, 1.165) is 12.1 Å². The molecular formula is C9H10N4OS. The molecule has 0 saturated carbocycles. The molecule has 2 aromatic heterocycles. The molecule has 0 fully saturated rings. The van der Waals surface area contributed by atoms with Crippen molar-refractivity contribution in [2.24, 2.45) is 0 Å². The maximum Gasteiger partial charge on any atom is 0.254 e. The third-order valence-electron chi connectivity index (χ3n) is 1.91. The Morgan fingerprint density at radius 1 is 1.60 bits per heavy atom. The second-order valence-corrected chi connectivity index (χ2v) is 3.69. The van der Waals surface area contributed by atoms with Crippen LogP contribution in [0.5, 0.6) is 0 Å². The highest BCUT2D eigenvalue weighted by molar-refractivity contribution is 7.07. The zero-order valence-corrected chi connectivity index (χ0v) is 8.75. The standard InChI is InChI=1S/C9H10N4OS/c14-9(7-3-12-13-4-7)10-2-1-8-5-15-6-11-8/h3-6H,1-2H2,(H,10,14)(H,12,13). The summed E-state index contributed by atoms with van der Waals surface area (Å²) in [5.74, 6) is -0.112. The highest BCUT2D eigenvalue weighted by Crippen LogP contribution is 2.01. The number of aromatic nitrogens is 3. The molecule has 6 heteroatoms. The van der Waals surface area contributed by atoms with Gasteiger partial charge in [0.25, 0.3) is 5.91 Å². The van der Waals surface area contributed by atoms with Gasteiger partial charge < -0.3 is 5.32 Å². The number of hydrogen-bond donors (Lipinski definition) is 2. The minimum absolute atomic E-state index is 0.112. The molecule has 0 aliphatic heterocycles. The van der Waals surface area contributed by atoms with Gasteiger partial charge in [0.2, 0.25) is 0 Å². The summed E-state index contributed by atoms with van der Waals surface area (Å²) in [6.07, 6.45) is 3.82. The molecule has 0 unspecified atom stereocenters. The van der Waals surface area contributed by atoms with E-state index < -0.39 is 0 Å². The fourth-order valence-electron chi connectivity index (χ4n) is 1.14. The fraction of sp³-hybridized carbons (Fsp3) is 0.222. The van der Waals surface area contributed by atoms with Gasteiger partial charge in [-0.3, -0.25) is 9.89 Å². The lowest BCUT2D eigenvalue weighted by Gasteiger charge is -2.00. The van der Waals surface area contributed by atoms with Crippen LogP contribution < -0.4 is 5.32 Å². The Kier molecular flexibility index (Phi) is 3.08. The van der Waals surface area contributed by atoms with E-state index in [2.05, 4.69) is 20.5 Å². The molecule has 0 atom stereocenters. The van der Waals surface area contributed by atoms with Gasteiger partial charge in [-0.25, -0.2) is 4.98 Å². The van der Waals surface area contributed by atoms with Gasteiger partial charge in [-0.15, -0.1) is 11.3 Å². The minimum Gasteiger partial charge on any atom is -0.352 e. The third kappa shape index (κ3) is 2.63. The predicted octanol–water partition coefficient (Wildman–Crippen LogP) is 0.839. The first kappa shape index (κ1) is 9.85. The summed E-state index contributed by atoms with van der Waals surface area (Å²) < 4.78 is 0. The lowest BCUT2D eigenvalue weighted by molar-refractivity contribution is 0.0954. The molecule has 5 nitrogen and oxygen atoms in total. The van der Waals surface area contributed by atoms with Crippen LogP contribution in [0.25, 0.3) is 0 Å². The van der Waals surface area contributed by atoms with Crippen LogP contribution in [0.2, 0.25) is 0 Å². The number of amides is 1. The largest absolute Gasteiger partial charge is 0.352 e. The van der Waals surface area contributed by atoms with Crippen LogP contribution in [0.1, 0.15) is 16.1 Å². The molecule has 0 aliphatic carbocycles. The second-order valence-electron chi connectivity index (χ2n) is 2.97. The summed E-state index contributed by atoms with van der Waals surface area (Å²) in [7, 11) is 0. The van der Waals surface area contributed by atoms with Gasteiger partial charge in [-0.05, 0) is 0 Å². The molecule has 1 amide bonds. The third-order valence-corrected chi connectivity index (χ3v) is 2.55. The number of rotatable bonds is 4. The summed E-state index contributed by atoms with van der Waals surface area (Å²) in [5, 5.41) is 11.1. The highest BCUT2D eigenvalue weighted by atomic mass is 32.1. The van der Waals surface area contributed by atoms with Crippen LogP contribution in [0.15, 0.2) is 23.3 Å². The Balaban J connectivity index is 1.77. The number of carbonyl (C=O) groups is 1. The van der Waals surface area contributed by atoms with Gasteiger partial charge in [0.05, 0.1) is 23.0 Å². The molecule has 2 N–H and O–H groups in total. The van der Waals surface area contributed by atoms with Crippen molar-refractivity contribution in [2.45, 2.75) is 6.42 Å². The fourth-order valence-corrected chi connectivity index (χ4v) is 1.74. The first-order chi connectivity index (χ1) is 7.36. The normalized spacial score (nSPS) is 10.1. The molecule has 0 bridgehead atoms. The monoisotopic (exact) mass is 222 g/mol. The molecule has 78 valence electrons. The molecule has 0 aromatic carbocycles. The molecule has 15 heavy (non-hydrogen) atoms. The van der Waals surface area contributed by atoms with Crippen LogP contribution in [0, 0.1) is 0 Å². The number of carbonyl (C=O) groups excluding carboxylic acids is 1. The molecule has 2 heterocycles. The van der Waals surface area contributed by atoms with E-state index in [-0.39, 0.29) is 5.91 Å². The highest BCUT2D eigenvalue weighted by Gasteiger charge is 2.05. The molecule has 0 spiro atoms. The van der Waals surface area contributed by atoms with E-state index in [1.165, 1.54) is 6.20 Å². The van der Waals surface area contributed by atoms with Crippen LogP contribution in [0.4, 0.5) is 0 Å². The van der Waals surface area contributed by atoms with Gasteiger partial charge in [0, 0.05) is 24.5 Å². The quantitative estimate of drug-likeness (QED) is 0.805. The SMILES string of the molecule is O=C(NCCc1cscn1)c1cn[nH]c1. The van der Waals surface area contributed by atoms with Crippen molar-refractivity contribution in [1.82, 2.24) is 20.5 Å². The van der Waals surface area contributed by atoms with Crippen molar-refractivity contribution in [2.75, 3.05) is 6.54 Å². The van der Waals surface area contributed by atoms with Gasteiger partial charge in [0.15, 0.2) is 0 Å². The van der Waals surface area contributed by atoms with E-state index in [4.69, 9.17) is 0 Å². The summed E-state index contributed by atoms with van der Waals surface area (Å²) in [6, 6.07) is 0. The van der Waals surface area contributed by atoms with Crippen LogP contribution in [0.3, 0.4) is 0 Å². The molecular weight excluding hydrogens is 212 g/mol. The number of aromatic amines is 1. The summed E-state index contributed by atoms with van der Waals surface area (Å²) >= 11 is 1.56. The van der Waals surface area contributed by atoms with E-state index in [1.807, 2.05) is 5.38 Å². The summed E-state index contributed by atoms with van der Waals surface area (Å²) in [4.78, 5) is 15.6. The maximum absolute atomic E-state index is 11.4. The number of thiazole rings is 1. The lowest BCUT2D eigenvalue weighted by Crippen LogP contribution is -2.25. The van der Waals surface area contributed by atoms with Crippen molar-refractivity contribution >= 4 is 17.2 Å². The zero-order valence-electron chi connectivity index (χ0n) is 7.93. The maximum atomic E-state index is 11.4. The lowest BCUT2D eigenvalue weighted by atomic mass is 10.3. The number of nitrogens with zero attached hydrogens (tertiary/aromatic N) is 2. The Bertz CT molecular complexity index is 409. The number of hydrogen-bond acceptors (Lipinski definition) is 4. The minimum atomic E-state index is -0.112. The Morgan fingerprint density at radius 2 is 2.53 bits per heavy atom. The van der Waals surface area contributed by atoms with Crippen molar-refractivity contribution < 1.29 is 4.79 Å². The van der Waals surface area contributed by atoms with E-state index >= 15 is 0 Å². The summed E-state index contributed by atoms with van der Waals surface area (Å²) in [5.41, 5.74) is 3.34. The second kappa shape index (κ2) is 4.70. The number of nitrogens with one attached hydrogen (secondary N) is 2. The predicted molar refractivity (Wildman–Crippen MR) is 56.7 cm³/mol. The molecule has 0 aliphatic rings. The average Bonchev–Trinajstić information content (AvgIpc) is 2.90. The first-order valence-corrected chi connectivity index (χ1v) is 5.44. The topological polar surface area (TPSA) is 70.7 Å². The van der Waals surface area contributed by atoms with Gasteiger partial charge in [0.1, 0.15) is 0 Å². The van der Waals surface area contributed by atoms with Gasteiger partial charge in [-0.2, -0.15) is 5.10 Å². The molecule has 2 aromatic rings. The van der Waals surface area contributed by atoms with Crippen molar-refractivity contribution in [3.8, 4) is 0 Å². The van der Waals surface area contributed by atoms with Crippen molar-refractivity contribution in [3.05, 3.63) is 34.5 Å². The average molecular weight is 222 g/mol. The Hall–Kier alpha value is -1.69. The van der Waals surface area contributed by atoms with Crippen LogP contribution >= 0.6 is 11.3 Å². The first-order valence-electron chi connectivity index (χ1n) is 4.50. The van der Waals surface area contributed by atoms with Crippen molar-refractivity contribution in [3.63, 3.8) is 0 Å². The van der Waals surface area contributed by atoms with Crippen molar-refractivity contribution in [1.29, 1.82) is 0 Å². The van der Waals surface area contributed by atoms with E-state index in [9.17, 15) is 4.79 Å². The van der Waals surface area contributed by atoms with Crippen LogP contribution in [-0.2, 0) is 6.42 Å². The van der Waals surface area contributed by atoms with Gasteiger partial charge in [-0.1, -0.05) is 0 Å². The van der Waals surface area contributed by atoms with Gasteiger partial charge >= 0.3 is 0 Å². The Morgan fingerprint density at radius 3 is 3.20 bits per heavy atom. The van der Waals surface area contributed by atoms with Crippen LogP contribution in [-0.4, -0.2) is 27.6 Å². The van der Waals surface area contributed by atoms with E-state index in [1.54, 1.807) is 23.0 Å². The number of H-pyrrole nitrogens is 1. The smallest absolute Gasteiger partial charge is 0.254 e. The Labute approximate surface area is 90.6 Å². The molecule has 0 radical (unpaired) electrons. The van der Waals surface area contributed by atoms with E-state index in [0.29, 0.717) is 12.1 Å². The molecule has 2 rings (SSSR count). The zero-order chi connectivity index (χ0) is 10.5. The summed E-state index contributed by atoms with van der Waals surface area (Å²) in [6.45, 7) is 0.591. The molecule has 0 saturated heterocycles.